The highest BCUT2D eigenvalue weighted by atomic mass is 79.9. The van der Waals surface area contributed by atoms with Crippen LogP contribution in [0.3, 0.4) is 0 Å². The molecule has 0 aliphatic rings. The highest BCUT2D eigenvalue weighted by molar-refractivity contribution is 9.10. The summed E-state index contributed by atoms with van der Waals surface area (Å²) in [6.45, 7) is 2.20. The van der Waals surface area contributed by atoms with Crippen LogP contribution in [0.2, 0.25) is 0 Å². The summed E-state index contributed by atoms with van der Waals surface area (Å²) in [5.74, 6) is -0.224. The molecule has 14 heavy (non-hydrogen) atoms. The predicted molar refractivity (Wildman–Crippen MR) is 58.9 cm³/mol. The molecule has 4 heteroatoms. The van der Waals surface area contributed by atoms with E-state index >= 15 is 0 Å². The maximum Gasteiger partial charge on any atom is 0.310 e. The van der Waals surface area contributed by atoms with Gasteiger partial charge in [-0.2, -0.15) is 0 Å². The third kappa shape index (κ3) is 3.03. The maximum absolute atomic E-state index is 11.2. The lowest BCUT2D eigenvalue weighted by Gasteiger charge is -2.04. The topological polar surface area (TPSA) is 52.3 Å². The van der Waals surface area contributed by atoms with Gasteiger partial charge in [0.15, 0.2) is 0 Å². The first kappa shape index (κ1) is 11.0. The fourth-order valence-corrected chi connectivity index (χ4v) is 1.61. The number of nitrogens with two attached hydrogens (primary N) is 1. The van der Waals surface area contributed by atoms with E-state index in [1.165, 1.54) is 0 Å². The molecule has 0 bridgehead atoms. The summed E-state index contributed by atoms with van der Waals surface area (Å²) in [6, 6.07) is 5.35. The number of carbonyl (C=O) groups excluding carboxylic acids is 1. The fraction of sp³-hybridized carbons (Fsp3) is 0.300. The van der Waals surface area contributed by atoms with Crippen LogP contribution in [-0.2, 0) is 16.0 Å². The molecule has 0 saturated carbocycles. The third-order valence-electron chi connectivity index (χ3n) is 1.72. The van der Waals surface area contributed by atoms with Gasteiger partial charge in [-0.3, -0.25) is 4.79 Å². The van der Waals surface area contributed by atoms with Crippen molar-refractivity contribution >= 4 is 27.6 Å². The Morgan fingerprint density at radius 3 is 2.86 bits per heavy atom. The quantitative estimate of drug-likeness (QED) is 0.667. The molecule has 0 aliphatic carbocycles. The van der Waals surface area contributed by atoms with Crippen molar-refractivity contribution in [3.8, 4) is 0 Å². The summed E-state index contributed by atoms with van der Waals surface area (Å²) in [5.41, 5.74) is 7.13. The summed E-state index contributed by atoms with van der Waals surface area (Å²) < 4.78 is 5.68. The van der Waals surface area contributed by atoms with Crippen LogP contribution in [0.5, 0.6) is 0 Å². The fourth-order valence-electron chi connectivity index (χ4n) is 1.07. The summed E-state index contributed by atoms with van der Waals surface area (Å²) in [7, 11) is 0. The molecule has 0 aliphatic heterocycles. The van der Waals surface area contributed by atoms with Crippen LogP contribution in [0.1, 0.15) is 12.5 Å². The molecule has 3 nitrogen and oxygen atoms in total. The molecule has 0 atom stereocenters. The van der Waals surface area contributed by atoms with Crippen molar-refractivity contribution in [2.45, 2.75) is 13.3 Å². The average Bonchev–Trinajstić information content (AvgIpc) is 2.10. The third-order valence-corrected chi connectivity index (χ3v) is 2.46. The van der Waals surface area contributed by atoms with Gasteiger partial charge in [0.25, 0.3) is 0 Å². The lowest BCUT2D eigenvalue weighted by molar-refractivity contribution is -0.142. The van der Waals surface area contributed by atoms with Crippen molar-refractivity contribution in [2.75, 3.05) is 12.3 Å². The first-order valence-corrected chi connectivity index (χ1v) is 5.12. The zero-order chi connectivity index (χ0) is 10.6. The number of ether oxygens (including phenoxy) is 1. The number of nitrogen functional groups attached to an aromatic ring is 1. The molecular weight excluding hydrogens is 246 g/mol. The van der Waals surface area contributed by atoms with Gasteiger partial charge in [-0.05, 0) is 24.6 Å². The van der Waals surface area contributed by atoms with Gasteiger partial charge in [-0.1, -0.05) is 22.0 Å². The molecule has 0 unspecified atom stereocenters. The monoisotopic (exact) mass is 257 g/mol. The van der Waals surface area contributed by atoms with Crippen LogP contribution in [-0.4, -0.2) is 12.6 Å². The molecule has 0 radical (unpaired) electrons. The first-order valence-electron chi connectivity index (χ1n) is 4.33. The van der Waals surface area contributed by atoms with Crippen molar-refractivity contribution in [3.05, 3.63) is 28.2 Å². The van der Waals surface area contributed by atoms with E-state index < -0.39 is 0 Å². The number of rotatable bonds is 3. The molecule has 1 aromatic carbocycles. The molecule has 1 rings (SSSR count). The number of hydrogen-bond acceptors (Lipinski definition) is 3. The maximum atomic E-state index is 11.2. The zero-order valence-electron chi connectivity index (χ0n) is 7.92. The van der Waals surface area contributed by atoms with Gasteiger partial charge >= 0.3 is 5.97 Å². The predicted octanol–water partition coefficient (Wildman–Crippen LogP) is 2.14. The Hall–Kier alpha value is -1.03. The molecule has 2 N–H and O–H groups in total. The van der Waals surface area contributed by atoms with Gasteiger partial charge in [0.1, 0.15) is 0 Å². The van der Waals surface area contributed by atoms with Crippen LogP contribution in [0.4, 0.5) is 5.69 Å². The molecular formula is C10H12BrNO2. The van der Waals surface area contributed by atoms with Gasteiger partial charge < -0.3 is 10.5 Å². The number of esters is 1. The van der Waals surface area contributed by atoms with Crippen molar-refractivity contribution in [1.82, 2.24) is 0 Å². The van der Waals surface area contributed by atoms with Crippen molar-refractivity contribution in [1.29, 1.82) is 0 Å². The highest BCUT2D eigenvalue weighted by Crippen LogP contribution is 2.20. The lowest BCUT2D eigenvalue weighted by atomic mass is 10.1. The first-order chi connectivity index (χ1) is 6.63. The highest BCUT2D eigenvalue weighted by Gasteiger charge is 2.07. The van der Waals surface area contributed by atoms with Gasteiger partial charge in [0.05, 0.1) is 13.0 Å². The Morgan fingerprint density at radius 1 is 1.57 bits per heavy atom. The minimum absolute atomic E-state index is 0.224. The Morgan fingerprint density at radius 2 is 2.29 bits per heavy atom. The van der Waals surface area contributed by atoms with E-state index in [4.69, 9.17) is 10.5 Å². The number of anilines is 1. The number of benzene rings is 1. The average molecular weight is 258 g/mol. The second-order valence-corrected chi connectivity index (χ2v) is 3.69. The van der Waals surface area contributed by atoms with E-state index in [2.05, 4.69) is 15.9 Å². The van der Waals surface area contributed by atoms with E-state index in [0.29, 0.717) is 12.3 Å². The smallest absolute Gasteiger partial charge is 0.310 e. The van der Waals surface area contributed by atoms with Crippen LogP contribution in [0.15, 0.2) is 22.7 Å². The van der Waals surface area contributed by atoms with E-state index in [9.17, 15) is 4.79 Å². The summed E-state index contributed by atoms with van der Waals surface area (Å²) in [5, 5.41) is 0. The Labute approximate surface area is 91.4 Å². The van der Waals surface area contributed by atoms with E-state index in [-0.39, 0.29) is 12.4 Å². The number of carbonyl (C=O) groups is 1. The molecule has 76 valence electrons. The van der Waals surface area contributed by atoms with Crippen molar-refractivity contribution in [2.24, 2.45) is 0 Å². The van der Waals surface area contributed by atoms with Crippen LogP contribution in [0, 0.1) is 0 Å². The van der Waals surface area contributed by atoms with Crippen LogP contribution in [0.25, 0.3) is 0 Å². The minimum atomic E-state index is -0.224. The van der Waals surface area contributed by atoms with Crippen LogP contribution >= 0.6 is 15.9 Å². The van der Waals surface area contributed by atoms with E-state index in [1.54, 1.807) is 19.1 Å². The largest absolute Gasteiger partial charge is 0.466 e. The molecule has 0 spiro atoms. The summed E-state index contributed by atoms with van der Waals surface area (Å²) in [4.78, 5) is 11.2. The molecule has 0 amide bonds. The lowest BCUT2D eigenvalue weighted by Crippen LogP contribution is -2.07. The molecule has 0 aromatic heterocycles. The second-order valence-electron chi connectivity index (χ2n) is 2.83. The van der Waals surface area contributed by atoms with Gasteiger partial charge in [-0.15, -0.1) is 0 Å². The standard InChI is InChI=1S/C10H12BrNO2/c1-2-14-10(13)5-7-3-4-8(12)6-9(7)11/h3-4,6H,2,5,12H2,1H3. The number of hydrogen-bond donors (Lipinski definition) is 1. The van der Waals surface area contributed by atoms with Gasteiger partial charge in [-0.25, -0.2) is 0 Å². The van der Waals surface area contributed by atoms with Crippen molar-refractivity contribution < 1.29 is 9.53 Å². The van der Waals surface area contributed by atoms with Crippen LogP contribution < -0.4 is 5.73 Å². The van der Waals surface area contributed by atoms with Gasteiger partial charge in [0, 0.05) is 10.2 Å². The summed E-state index contributed by atoms with van der Waals surface area (Å²) >= 11 is 3.34. The SMILES string of the molecule is CCOC(=O)Cc1ccc(N)cc1Br. The Balaban J connectivity index is 2.72. The Kier molecular flexibility index (Phi) is 3.95. The van der Waals surface area contributed by atoms with E-state index in [0.717, 1.165) is 10.0 Å². The number of halogens is 1. The summed E-state index contributed by atoms with van der Waals surface area (Å²) in [6.07, 6.45) is 0.273. The van der Waals surface area contributed by atoms with Crippen molar-refractivity contribution in [3.63, 3.8) is 0 Å². The van der Waals surface area contributed by atoms with Gasteiger partial charge in [0.2, 0.25) is 0 Å². The minimum Gasteiger partial charge on any atom is -0.466 e. The Bertz CT molecular complexity index is 339. The zero-order valence-corrected chi connectivity index (χ0v) is 9.50. The molecule has 1 aromatic rings. The van der Waals surface area contributed by atoms with E-state index in [1.807, 2.05) is 6.07 Å². The second kappa shape index (κ2) is 5.00. The molecule has 0 heterocycles. The molecule has 0 fully saturated rings. The molecule has 0 saturated heterocycles. The normalized spacial score (nSPS) is 9.86.